The van der Waals surface area contributed by atoms with Crippen molar-refractivity contribution in [1.29, 1.82) is 0 Å². The number of rotatable bonds is 6. The van der Waals surface area contributed by atoms with E-state index in [4.69, 9.17) is 4.74 Å². The number of aromatic nitrogens is 1. The van der Waals surface area contributed by atoms with Crippen molar-refractivity contribution in [3.8, 4) is 17.0 Å². The summed E-state index contributed by atoms with van der Waals surface area (Å²) in [5.74, 6) is 0.187. The molecule has 2 heterocycles. The number of benzene rings is 1. The molecule has 156 valence electrons. The van der Waals surface area contributed by atoms with Crippen molar-refractivity contribution < 1.29 is 19.0 Å². The number of carboxylic acid groups (broad SMARTS) is 1. The highest BCUT2D eigenvalue weighted by molar-refractivity contribution is 5.94. The molecule has 1 fully saturated rings. The molecular weight excluding hydrogens is 371 g/mol. The first-order chi connectivity index (χ1) is 13.6. The van der Waals surface area contributed by atoms with Crippen molar-refractivity contribution in [3.63, 3.8) is 0 Å². The van der Waals surface area contributed by atoms with Crippen LogP contribution in [-0.4, -0.2) is 34.8 Å². The fourth-order valence-corrected chi connectivity index (χ4v) is 4.00. The second-order valence-corrected chi connectivity index (χ2v) is 8.99. The number of anilines is 1. The third kappa shape index (κ3) is 4.69. The number of hydrogen-bond donors (Lipinski definition) is 1. The lowest BCUT2D eigenvalue weighted by Crippen LogP contribution is -2.39. The highest BCUT2D eigenvalue weighted by Gasteiger charge is 2.39. The van der Waals surface area contributed by atoms with Crippen LogP contribution < -0.4 is 9.64 Å². The average molecular weight is 400 g/mol. The van der Waals surface area contributed by atoms with Crippen molar-refractivity contribution in [2.24, 2.45) is 11.8 Å². The fraction of sp³-hybridized carbons (Fsp3) is 0.478. The van der Waals surface area contributed by atoms with Gasteiger partial charge in [-0.2, -0.15) is 0 Å². The van der Waals surface area contributed by atoms with Crippen LogP contribution in [0.1, 0.15) is 51.4 Å². The molecule has 0 aliphatic carbocycles. The summed E-state index contributed by atoms with van der Waals surface area (Å²) in [5, 5.41) is 9.69. The predicted molar refractivity (Wildman–Crippen MR) is 112 cm³/mol. The lowest BCUT2D eigenvalue weighted by molar-refractivity contribution is 0.0697. The topological polar surface area (TPSA) is 62.7 Å². The van der Waals surface area contributed by atoms with E-state index < -0.39 is 11.8 Å². The summed E-state index contributed by atoms with van der Waals surface area (Å²) in [7, 11) is 0. The largest absolute Gasteiger partial charge is 0.493 e. The molecular formula is C23H29FN2O3. The molecule has 3 rings (SSSR count). The van der Waals surface area contributed by atoms with E-state index in [0.29, 0.717) is 41.3 Å². The molecule has 0 saturated carbocycles. The van der Waals surface area contributed by atoms with Gasteiger partial charge < -0.3 is 14.7 Å². The van der Waals surface area contributed by atoms with Gasteiger partial charge in [-0.15, -0.1) is 0 Å². The molecule has 0 unspecified atom stereocenters. The Morgan fingerprint density at radius 2 is 2.07 bits per heavy atom. The minimum absolute atomic E-state index is 0.156. The Hall–Kier alpha value is -2.63. The monoisotopic (exact) mass is 400 g/mol. The molecule has 0 spiro atoms. The zero-order chi connectivity index (χ0) is 21.3. The van der Waals surface area contributed by atoms with Crippen LogP contribution in [-0.2, 0) is 0 Å². The Kier molecular flexibility index (Phi) is 5.82. The highest BCUT2D eigenvalue weighted by Crippen LogP contribution is 2.38. The summed E-state index contributed by atoms with van der Waals surface area (Å²) < 4.78 is 19.9. The van der Waals surface area contributed by atoms with Gasteiger partial charge in [0.2, 0.25) is 0 Å². The zero-order valence-electron chi connectivity index (χ0n) is 17.7. The fourth-order valence-electron chi connectivity index (χ4n) is 4.00. The Morgan fingerprint density at radius 1 is 1.34 bits per heavy atom. The SMILES string of the molecule is CC(C)COc1cc(F)cc(-c2ccc(C(=O)O)c(N3C[C@@H](C)CC3(C)C)n2)c1. The Morgan fingerprint density at radius 3 is 2.66 bits per heavy atom. The number of ether oxygens (including phenoxy) is 1. The molecule has 1 aliphatic heterocycles. The van der Waals surface area contributed by atoms with Crippen LogP contribution in [0.25, 0.3) is 11.3 Å². The third-order valence-corrected chi connectivity index (χ3v) is 5.18. The van der Waals surface area contributed by atoms with E-state index in [0.717, 1.165) is 13.0 Å². The summed E-state index contributed by atoms with van der Waals surface area (Å²) >= 11 is 0. The van der Waals surface area contributed by atoms with Crippen LogP contribution in [0.2, 0.25) is 0 Å². The molecule has 0 radical (unpaired) electrons. The summed E-state index contributed by atoms with van der Waals surface area (Å²) in [6, 6.07) is 7.67. The molecule has 0 amide bonds. The molecule has 1 saturated heterocycles. The third-order valence-electron chi connectivity index (χ3n) is 5.18. The lowest BCUT2D eigenvalue weighted by Gasteiger charge is -2.33. The number of carbonyl (C=O) groups is 1. The zero-order valence-corrected chi connectivity index (χ0v) is 17.7. The summed E-state index contributed by atoms with van der Waals surface area (Å²) in [6.07, 6.45) is 0.950. The Balaban J connectivity index is 2.05. The molecule has 1 atom stereocenters. The minimum Gasteiger partial charge on any atom is -0.493 e. The molecule has 1 aliphatic rings. The van der Waals surface area contributed by atoms with Crippen LogP contribution in [0, 0.1) is 17.7 Å². The van der Waals surface area contributed by atoms with Gasteiger partial charge in [-0.05, 0) is 56.4 Å². The predicted octanol–water partition coefficient (Wildman–Crippen LogP) is 5.25. The molecule has 1 N–H and O–H groups in total. The lowest BCUT2D eigenvalue weighted by atomic mass is 9.97. The average Bonchev–Trinajstić information content (AvgIpc) is 2.91. The van der Waals surface area contributed by atoms with Crippen LogP contribution >= 0.6 is 0 Å². The van der Waals surface area contributed by atoms with Gasteiger partial charge in [0.1, 0.15) is 22.9 Å². The first kappa shape index (κ1) is 21.1. The summed E-state index contributed by atoms with van der Waals surface area (Å²) in [6.45, 7) is 11.6. The van der Waals surface area contributed by atoms with Crippen molar-refractivity contribution in [2.45, 2.75) is 46.6 Å². The van der Waals surface area contributed by atoms with Crippen LogP contribution in [0.4, 0.5) is 10.2 Å². The van der Waals surface area contributed by atoms with Gasteiger partial charge in [-0.25, -0.2) is 14.2 Å². The molecule has 1 aromatic heterocycles. The Labute approximate surface area is 171 Å². The Bertz CT molecular complexity index is 911. The smallest absolute Gasteiger partial charge is 0.339 e. The van der Waals surface area contributed by atoms with E-state index in [1.54, 1.807) is 18.2 Å². The number of nitrogens with zero attached hydrogens (tertiary/aromatic N) is 2. The maximum Gasteiger partial charge on any atom is 0.339 e. The van der Waals surface area contributed by atoms with Gasteiger partial charge in [-0.1, -0.05) is 20.8 Å². The van der Waals surface area contributed by atoms with E-state index in [9.17, 15) is 14.3 Å². The number of halogens is 1. The van der Waals surface area contributed by atoms with Gasteiger partial charge in [0.05, 0.1) is 12.3 Å². The second-order valence-electron chi connectivity index (χ2n) is 8.99. The van der Waals surface area contributed by atoms with Crippen molar-refractivity contribution in [2.75, 3.05) is 18.1 Å². The van der Waals surface area contributed by atoms with Gasteiger partial charge in [0.25, 0.3) is 0 Å². The van der Waals surface area contributed by atoms with E-state index in [1.165, 1.54) is 12.1 Å². The van der Waals surface area contributed by atoms with E-state index in [1.807, 2.05) is 13.8 Å². The molecule has 2 aromatic rings. The van der Waals surface area contributed by atoms with Gasteiger partial charge in [0, 0.05) is 23.7 Å². The maximum absolute atomic E-state index is 14.2. The molecule has 5 nitrogen and oxygen atoms in total. The molecule has 1 aromatic carbocycles. The number of hydrogen-bond acceptors (Lipinski definition) is 4. The van der Waals surface area contributed by atoms with Crippen molar-refractivity contribution >= 4 is 11.8 Å². The molecule has 6 heteroatoms. The quantitative estimate of drug-likeness (QED) is 0.718. The second kappa shape index (κ2) is 8.01. The van der Waals surface area contributed by atoms with Crippen LogP contribution in [0.15, 0.2) is 30.3 Å². The van der Waals surface area contributed by atoms with E-state index >= 15 is 0 Å². The first-order valence-corrected chi connectivity index (χ1v) is 10.0. The van der Waals surface area contributed by atoms with Crippen LogP contribution in [0.3, 0.4) is 0 Å². The number of pyridine rings is 1. The van der Waals surface area contributed by atoms with E-state index in [-0.39, 0.29) is 11.1 Å². The number of carboxylic acids is 1. The first-order valence-electron chi connectivity index (χ1n) is 10.0. The number of aromatic carboxylic acids is 1. The van der Waals surface area contributed by atoms with Gasteiger partial charge in [0.15, 0.2) is 0 Å². The van der Waals surface area contributed by atoms with Gasteiger partial charge in [-0.3, -0.25) is 0 Å². The minimum atomic E-state index is -1.02. The molecule has 29 heavy (non-hydrogen) atoms. The summed E-state index contributed by atoms with van der Waals surface area (Å²) in [5.41, 5.74) is 1.03. The van der Waals surface area contributed by atoms with E-state index in [2.05, 4.69) is 30.7 Å². The highest BCUT2D eigenvalue weighted by atomic mass is 19.1. The summed E-state index contributed by atoms with van der Waals surface area (Å²) in [4.78, 5) is 18.6. The van der Waals surface area contributed by atoms with Crippen molar-refractivity contribution in [1.82, 2.24) is 4.98 Å². The molecule has 0 bridgehead atoms. The van der Waals surface area contributed by atoms with Gasteiger partial charge >= 0.3 is 5.97 Å². The maximum atomic E-state index is 14.2. The standard InChI is InChI=1S/C23H29FN2O3/c1-14(2)13-29-18-9-16(8-17(24)10-18)20-7-6-19(22(27)28)21(25-20)26-12-15(3)11-23(26,4)5/h6-10,14-15H,11-13H2,1-5H3,(H,27,28)/t15-/m0/s1. The van der Waals surface area contributed by atoms with Crippen LogP contribution in [0.5, 0.6) is 5.75 Å². The van der Waals surface area contributed by atoms with Crippen molar-refractivity contribution in [3.05, 3.63) is 41.7 Å². The normalized spacial score (nSPS) is 18.3.